The Morgan fingerprint density at radius 1 is 1.06 bits per heavy atom. The standard InChI is InChI=1S/C27H25N5O3/c1-16(2)27(33)31-19-9-7-18(8-10-19)24-22(23-25(28)29-15-30-26(23)32(24)3)11-6-17-12-20(34-4)14-21(13-17)35-5/h7-10,12-15H,1H2,2-5H3,(H,31,33)(H2,28,29,30). The molecule has 1 amide bonds. The quantitative estimate of drug-likeness (QED) is 0.338. The average Bonchev–Trinajstić information content (AvgIpc) is 3.15. The van der Waals surface area contributed by atoms with Crippen LogP contribution in [0.2, 0.25) is 0 Å². The van der Waals surface area contributed by atoms with Crippen LogP contribution in [0.3, 0.4) is 0 Å². The highest BCUT2D eigenvalue weighted by Gasteiger charge is 2.19. The first-order valence-electron chi connectivity index (χ1n) is 10.7. The SMILES string of the molecule is C=C(C)C(=O)Nc1ccc(-c2c(C#Cc3cc(OC)cc(OC)c3)c3c(N)ncnc3n2C)cc1. The average molecular weight is 468 g/mol. The third kappa shape index (κ3) is 4.66. The largest absolute Gasteiger partial charge is 0.497 e. The number of hydrogen-bond donors (Lipinski definition) is 2. The Morgan fingerprint density at radius 2 is 1.71 bits per heavy atom. The number of carbonyl (C=O) groups is 1. The molecule has 0 radical (unpaired) electrons. The fourth-order valence-electron chi connectivity index (χ4n) is 3.70. The van der Waals surface area contributed by atoms with E-state index < -0.39 is 0 Å². The van der Waals surface area contributed by atoms with Crippen LogP contribution in [0.15, 0.2) is 60.9 Å². The van der Waals surface area contributed by atoms with E-state index in [0.717, 1.165) is 16.8 Å². The third-order valence-corrected chi connectivity index (χ3v) is 5.48. The number of nitrogens with one attached hydrogen (secondary N) is 1. The van der Waals surface area contributed by atoms with Crippen molar-refractivity contribution in [2.45, 2.75) is 6.92 Å². The van der Waals surface area contributed by atoms with Crippen LogP contribution < -0.4 is 20.5 Å². The number of rotatable bonds is 5. The molecule has 8 nitrogen and oxygen atoms in total. The molecule has 2 heterocycles. The number of aromatic nitrogens is 3. The summed E-state index contributed by atoms with van der Waals surface area (Å²) in [7, 11) is 5.09. The van der Waals surface area contributed by atoms with Gasteiger partial charge in [0, 0.05) is 29.9 Å². The lowest BCUT2D eigenvalue weighted by Gasteiger charge is -2.08. The summed E-state index contributed by atoms with van der Waals surface area (Å²) in [5.41, 5.74) is 11.1. The van der Waals surface area contributed by atoms with Gasteiger partial charge in [0.05, 0.1) is 30.9 Å². The fraction of sp³-hybridized carbons (Fsp3) is 0.148. The first kappa shape index (κ1) is 23.4. The molecule has 0 saturated heterocycles. The summed E-state index contributed by atoms with van der Waals surface area (Å²) in [4.78, 5) is 20.6. The first-order valence-corrected chi connectivity index (χ1v) is 10.7. The van der Waals surface area contributed by atoms with Crippen molar-refractivity contribution in [3.63, 3.8) is 0 Å². The summed E-state index contributed by atoms with van der Waals surface area (Å²) in [5.74, 6) is 7.87. The van der Waals surface area contributed by atoms with E-state index in [0.29, 0.717) is 45.2 Å². The zero-order chi connectivity index (χ0) is 25.1. The Bertz CT molecular complexity index is 1490. The number of fused-ring (bicyclic) bond motifs is 1. The molecule has 0 aliphatic heterocycles. The van der Waals surface area contributed by atoms with Crippen molar-refractivity contribution in [1.29, 1.82) is 0 Å². The van der Waals surface area contributed by atoms with Crippen LogP contribution in [0.4, 0.5) is 11.5 Å². The van der Waals surface area contributed by atoms with Gasteiger partial charge < -0.3 is 25.1 Å². The Balaban J connectivity index is 1.86. The molecule has 4 aromatic rings. The van der Waals surface area contributed by atoms with Gasteiger partial charge >= 0.3 is 0 Å². The van der Waals surface area contributed by atoms with Crippen LogP contribution in [-0.2, 0) is 11.8 Å². The number of benzene rings is 2. The predicted octanol–water partition coefficient (Wildman–Crippen LogP) is 4.15. The Kier molecular flexibility index (Phi) is 6.42. The highest BCUT2D eigenvalue weighted by atomic mass is 16.5. The molecule has 0 aliphatic rings. The van der Waals surface area contributed by atoms with E-state index in [1.165, 1.54) is 6.33 Å². The number of methoxy groups -OCH3 is 2. The number of nitrogens with two attached hydrogens (primary N) is 1. The van der Waals surface area contributed by atoms with E-state index in [1.807, 2.05) is 48.0 Å². The fourth-order valence-corrected chi connectivity index (χ4v) is 3.70. The van der Waals surface area contributed by atoms with Crippen LogP contribution in [-0.4, -0.2) is 34.7 Å². The molecule has 8 heteroatoms. The van der Waals surface area contributed by atoms with Crippen molar-refractivity contribution in [3.8, 4) is 34.6 Å². The highest BCUT2D eigenvalue weighted by molar-refractivity contribution is 6.03. The molecule has 0 unspecified atom stereocenters. The minimum absolute atomic E-state index is 0.231. The van der Waals surface area contributed by atoms with Crippen molar-refractivity contribution in [3.05, 3.63) is 72.1 Å². The van der Waals surface area contributed by atoms with Crippen LogP contribution in [0, 0.1) is 11.8 Å². The molecular weight excluding hydrogens is 442 g/mol. The molecule has 0 saturated carbocycles. The number of nitrogens with zero attached hydrogens (tertiary/aromatic N) is 3. The van der Waals surface area contributed by atoms with Crippen LogP contribution in [0.25, 0.3) is 22.3 Å². The van der Waals surface area contributed by atoms with Gasteiger partial charge in [-0.1, -0.05) is 30.6 Å². The topological polar surface area (TPSA) is 104 Å². The summed E-state index contributed by atoms with van der Waals surface area (Å²) in [5, 5.41) is 3.49. The van der Waals surface area contributed by atoms with Crippen LogP contribution >= 0.6 is 0 Å². The summed E-state index contributed by atoms with van der Waals surface area (Å²) in [6.45, 7) is 5.33. The molecule has 0 bridgehead atoms. The maximum Gasteiger partial charge on any atom is 0.250 e. The van der Waals surface area contributed by atoms with Crippen molar-refractivity contribution >= 4 is 28.4 Å². The molecule has 2 aromatic carbocycles. The zero-order valence-electron chi connectivity index (χ0n) is 20.0. The number of anilines is 2. The van der Waals surface area contributed by atoms with Crippen LogP contribution in [0.5, 0.6) is 11.5 Å². The maximum atomic E-state index is 12.0. The number of amides is 1. The lowest BCUT2D eigenvalue weighted by atomic mass is 10.0. The second-order valence-corrected chi connectivity index (χ2v) is 7.90. The lowest BCUT2D eigenvalue weighted by molar-refractivity contribution is -0.112. The monoisotopic (exact) mass is 467 g/mol. The van der Waals surface area contributed by atoms with Crippen molar-refractivity contribution in [2.75, 3.05) is 25.3 Å². The summed E-state index contributed by atoms with van der Waals surface area (Å²) < 4.78 is 12.7. The van der Waals surface area contributed by atoms with Crippen molar-refractivity contribution in [2.24, 2.45) is 7.05 Å². The Labute approximate surface area is 203 Å². The van der Waals surface area contributed by atoms with E-state index in [-0.39, 0.29) is 5.91 Å². The molecule has 176 valence electrons. The molecule has 0 spiro atoms. The van der Waals surface area contributed by atoms with Gasteiger partial charge in [-0.05, 0) is 36.8 Å². The van der Waals surface area contributed by atoms with Crippen LogP contribution in [0.1, 0.15) is 18.1 Å². The molecular formula is C27H25N5O3. The van der Waals surface area contributed by atoms with E-state index >= 15 is 0 Å². The van der Waals surface area contributed by atoms with Crippen molar-refractivity contribution in [1.82, 2.24) is 14.5 Å². The smallest absolute Gasteiger partial charge is 0.250 e. The van der Waals surface area contributed by atoms with Gasteiger partial charge in [0.1, 0.15) is 29.3 Å². The molecule has 3 N–H and O–H groups in total. The molecule has 4 rings (SSSR count). The number of ether oxygens (including phenoxy) is 2. The first-order chi connectivity index (χ1) is 16.8. The molecule has 2 aromatic heterocycles. The number of aryl methyl sites for hydroxylation is 1. The normalized spacial score (nSPS) is 10.4. The number of hydrogen-bond acceptors (Lipinski definition) is 6. The van der Waals surface area contributed by atoms with Gasteiger partial charge in [-0.25, -0.2) is 9.97 Å². The van der Waals surface area contributed by atoms with Gasteiger partial charge in [0.25, 0.3) is 5.91 Å². The maximum absolute atomic E-state index is 12.0. The minimum Gasteiger partial charge on any atom is -0.497 e. The van der Waals surface area contributed by atoms with E-state index in [9.17, 15) is 4.79 Å². The minimum atomic E-state index is -0.231. The van der Waals surface area contributed by atoms with E-state index in [4.69, 9.17) is 15.2 Å². The summed E-state index contributed by atoms with van der Waals surface area (Å²) in [6.07, 6.45) is 1.43. The number of nitrogen functional groups attached to an aromatic ring is 1. The lowest BCUT2D eigenvalue weighted by Crippen LogP contribution is -2.11. The van der Waals surface area contributed by atoms with Crippen molar-refractivity contribution < 1.29 is 14.3 Å². The second kappa shape index (κ2) is 9.61. The Morgan fingerprint density at radius 3 is 2.31 bits per heavy atom. The van der Waals surface area contributed by atoms with Gasteiger partial charge in [0.2, 0.25) is 0 Å². The third-order valence-electron chi connectivity index (χ3n) is 5.48. The predicted molar refractivity (Wildman–Crippen MR) is 137 cm³/mol. The molecule has 0 aliphatic carbocycles. The van der Waals surface area contributed by atoms with E-state index in [2.05, 4.69) is 33.7 Å². The molecule has 35 heavy (non-hydrogen) atoms. The highest BCUT2D eigenvalue weighted by Crippen LogP contribution is 2.34. The van der Waals surface area contributed by atoms with Gasteiger partial charge in [-0.15, -0.1) is 0 Å². The summed E-state index contributed by atoms with van der Waals surface area (Å²) >= 11 is 0. The molecule has 0 atom stereocenters. The summed E-state index contributed by atoms with van der Waals surface area (Å²) in [6, 6.07) is 12.9. The van der Waals surface area contributed by atoms with Gasteiger partial charge in [0.15, 0.2) is 0 Å². The zero-order valence-corrected chi connectivity index (χ0v) is 20.0. The number of carbonyl (C=O) groups excluding carboxylic acids is 1. The Hall–Kier alpha value is -4.77. The van der Waals surface area contributed by atoms with Gasteiger partial charge in [-0.2, -0.15) is 0 Å². The second-order valence-electron chi connectivity index (χ2n) is 7.90. The molecule has 0 fully saturated rings. The van der Waals surface area contributed by atoms with Gasteiger partial charge in [-0.3, -0.25) is 4.79 Å². The van der Waals surface area contributed by atoms with E-state index in [1.54, 1.807) is 27.2 Å².